The molecule has 1 atom stereocenters. The Morgan fingerprint density at radius 3 is 2.89 bits per heavy atom. The Hall–Kier alpha value is -0.120. The Morgan fingerprint density at radius 1 is 1.78 bits per heavy atom. The van der Waals surface area contributed by atoms with Gasteiger partial charge in [0.05, 0.1) is 12.9 Å². The van der Waals surface area contributed by atoms with Crippen molar-refractivity contribution in [1.82, 2.24) is 10.2 Å². The van der Waals surface area contributed by atoms with E-state index in [0.29, 0.717) is 12.9 Å². The van der Waals surface area contributed by atoms with Gasteiger partial charge in [0.2, 0.25) is 0 Å². The first-order valence-corrected chi connectivity index (χ1v) is 3.27. The van der Waals surface area contributed by atoms with Crippen molar-refractivity contribution in [3.63, 3.8) is 0 Å². The first-order valence-electron chi connectivity index (χ1n) is 3.27. The Morgan fingerprint density at radius 2 is 2.56 bits per heavy atom. The fraction of sp³-hybridized carbons (Fsp3) is 1.00. The van der Waals surface area contributed by atoms with Gasteiger partial charge in [0, 0.05) is 13.7 Å². The molecule has 1 aliphatic heterocycles. The zero-order chi connectivity index (χ0) is 6.69. The van der Waals surface area contributed by atoms with Crippen LogP contribution in [-0.4, -0.2) is 38.5 Å². The van der Waals surface area contributed by atoms with E-state index in [1.54, 1.807) is 7.11 Å². The monoisotopic (exact) mass is 130 g/mol. The van der Waals surface area contributed by atoms with Crippen molar-refractivity contribution < 1.29 is 4.74 Å². The molecule has 1 N–H and O–H groups in total. The van der Waals surface area contributed by atoms with Gasteiger partial charge in [0.25, 0.3) is 0 Å². The van der Waals surface area contributed by atoms with Crippen molar-refractivity contribution >= 4 is 0 Å². The molecular weight excluding hydrogens is 116 g/mol. The van der Waals surface area contributed by atoms with Crippen molar-refractivity contribution in [2.24, 2.45) is 0 Å². The van der Waals surface area contributed by atoms with Gasteiger partial charge in [-0.1, -0.05) is 0 Å². The lowest BCUT2D eigenvalue weighted by Gasteiger charge is -2.38. The molecule has 54 valence electrons. The SMILES string of the molecule is COCNC1CCN1C. The van der Waals surface area contributed by atoms with Crippen LogP contribution in [0.4, 0.5) is 0 Å². The van der Waals surface area contributed by atoms with E-state index in [0.717, 1.165) is 0 Å². The third-order valence-corrected chi connectivity index (χ3v) is 1.75. The van der Waals surface area contributed by atoms with Crippen LogP contribution in [0.2, 0.25) is 0 Å². The zero-order valence-electron chi connectivity index (χ0n) is 6.05. The van der Waals surface area contributed by atoms with E-state index in [-0.39, 0.29) is 0 Å². The lowest BCUT2D eigenvalue weighted by molar-refractivity contribution is 0.0538. The number of nitrogens with one attached hydrogen (secondary N) is 1. The van der Waals surface area contributed by atoms with Crippen LogP contribution in [0, 0.1) is 0 Å². The second-order valence-electron chi connectivity index (χ2n) is 2.42. The standard InChI is InChI=1S/C6H14N2O/c1-8-4-3-6(8)7-5-9-2/h6-7H,3-5H2,1-2H3. The number of methoxy groups -OCH3 is 1. The van der Waals surface area contributed by atoms with Crippen LogP contribution < -0.4 is 5.32 Å². The summed E-state index contributed by atoms with van der Waals surface area (Å²) in [6, 6.07) is 0. The van der Waals surface area contributed by atoms with Gasteiger partial charge in [-0.25, -0.2) is 0 Å². The third kappa shape index (κ3) is 1.64. The molecule has 3 nitrogen and oxygen atoms in total. The topological polar surface area (TPSA) is 24.5 Å². The summed E-state index contributed by atoms with van der Waals surface area (Å²) in [6.07, 6.45) is 1.81. The number of hydrogen-bond acceptors (Lipinski definition) is 3. The molecule has 1 heterocycles. The summed E-state index contributed by atoms with van der Waals surface area (Å²) in [7, 11) is 3.81. The summed E-state index contributed by atoms with van der Waals surface area (Å²) in [5.74, 6) is 0. The van der Waals surface area contributed by atoms with Crippen molar-refractivity contribution in [3.05, 3.63) is 0 Å². The van der Waals surface area contributed by atoms with E-state index in [4.69, 9.17) is 4.74 Å². The normalized spacial score (nSPS) is 28.0. The van der Waals surface area contributed by atoms with Crippen LogP contribution in [0.15, 0.2) is 0 Å². The molecule has 1 saturated heterocycles. The van der Waals surface area contributed by atoms with Crippen molar-refractivity contribution in [2.75, 3.05) is 27.4 Å². The molecule has 0 aromatic carbocycles. The number of hydrogen-bond donors (Lipinski definition) is 1. The maximum absolute atomic E-state index is 4.86. The molecule has 0 aromatic heterocycles. The van der Waals surface area contributed by atoms with Gasteiger partial charge in [-0.3, -0.25) is 10.2 Å². The van der Waals surface area contributed by atoms with Gasteiger partial charge in [-0.2, -0.15) is 0 Å². The molecule has 3 heteroatoms. The van der Waals surface area contributed by atoms with E-state index in [1.165, 1.54) is 13.0 Å². The smallest absolute Gasteiger partial charge is 0.0973 e. The highest BCUT2D eigenvalue weighted by molar-refractivity contribution is 4.75. The lowest BCUT2D eigenvalue weighted by atomic mass is 10.2. The molecule has 0 radical (unpaired) electrons. The molecular formula is C6H14N2O. The summed E-state index contributed by atoms with van der Waals surface area (Å²) in [5, 5.41) is 3.22. The predicted octanol–water partition coefficient (Wildman–Crippen LogP) is -0.159. The highest BCUT2D eigenvalue weighted by atomic mass is 16.5. The van der Waals surface area contributed by atoms with Gasteiger partial charge in [-0.15, -0.1) is 0 Å². The van der Waals surface area contributed by atoms with Crippen LogP contribution in [0.1, 0.15) is 6.42 Å². The number of nitrogens with zero attached hydrogens (tertiary/aromatic N) is 1. The quantitative estimate of drug-likeness (QED) is 0.537. The Balaban J connectivity index is 1.99. The first kappa shape index (κ1) is 6.99. The summed E-state index contributed by atoms with van der Waals surface area (Å²) in [4.78, 5) is 2.26. The second kappa shape index (κ2) is 3.15. The van der Waals surface area contributed by atoms with Crippen LogP contribution in [0.3, 0.4) is 0 Å². The number of likely N-dealkylation sites (tertiary alicyclic amines) is 1. The molecule has 0 aromatic rings. The Kier molecular flexibility index (Phi) is 2.45. The van der Waals surface area contributed by atoms with Gasteiger partial charge < -0.3 is 4.74 Å². The minimum atomic E-state index is 0.560. The molecule has 0 amide bonds. The highest BCUT2D eigenvalue weighted by Gasteiger charge is 2.22. The molecule has 9 heavy (non-hydrogen) atoms. The fourth-order valence-corrected chi connectivity index (χ4v) is 0.954. The fourth-order valence-electron chi connectivity index (χ4n) is 0.954. The van der Waals surface area contributed by atoms with E-state index >= 15 is 0 Å². The van der Waals surface area contributed by atoms with Gasteiger partial charge in [0.1, 0.15) is 0 Å². The second-order valence-corrected chi connectivity index (χ2v) is 2.42. The lowest BCUT2D eigenvalue weighted by Crippen LogP contribution is -2.54. The number of rotatable bonds is 3. The average molecular weight is 130 g/mol. The van der Waals surface area contributed by atoms with Crippen LogP contribution in [0.25, 0.3) is 0 Å². The van der Waals surface area contributed by atoms with Gasteiger partial charge >= 0.3 is 0 Å². The minimum Gasteiger partial charge on any atom is -0.369 e. The third-order valence-electron chi connectivity index (χ3n) is 1.75. The maximum Gasteiger partial charge on any atom is 0.0973 e. The van der Waals surface area contributed by atoms with Crippen molar-refractivity contribution in [1.29, 1.82) is 0 Å². The van der Waals surface area contributed by atoms with E-state index in [1.807, 2.05) is 0 Å². The molecule has 0 aliphatic carbocycles. The molecule has 0 bridgehead atoms. The molecule has 0 spiro atoms. The highest BCUT2D eigenvalue weighted by Crippen LogP contribution is 2.09. The largest absolute Gasteiger partial charge is 0.369 e. The Labute approximate surface area is 56.0 Å². The van der Waals surface area contributed by atoms with E-state index in [9.17, 15) is 0 Å². The van der Waals surface area contributed by atoms with E-state index in [2.05, 4.69) is 17.3 Å². The predicted molar refractivity (Wildman–Crippen MR) is 36.0 cm³/mol. The van der Waals surface area contributed by atoms with Crippen LogP contribution >= 0.6 is 0 Å². The minimum absolute atomic E-state index is 0.560. The Bertz CT molecular complexity index is 87.1. The molecule has 1 unspecified atom stereocenters. The van der Waals surface area contributed by atoms with Crippen molar-refractivity contribution in [2.45, 2.75) is 12.6 Å². The van der Waals surface area contributed by atoms with Crippen LogP contribution in [-0.2, 0) is 4.74 Å². The summed E-state index contributed by atoms with van der Waals surface area (Å²) < 4.78 is 4.86. The first-order chi connectivity index (χ1) is 4.34. The molecule has 1 fully saturated rings. The molecule has 0 saturated carbocycles. The summed E-state index contributed by atoms with van der Waals surface area (Å²) >= 11 is 0. The summed E-state index contributed by atoms with van der Waals surface area (Å²) in [6.45, 7) is 1.87. The van der Waals surface area contributed by atoms with E-state index < -0.39 is 0 Å². The van der Waals surface area contributed by atoms with Crippen LogP contribution in [0.5, 0.6) is 0 Å². The average Bonchev–Trinajstić information content (AvgIpc) is 1.86. The van der Waals surface area contributed by atoms with Gasteiger partial charge in [-0.05, 0) is 13.5 Å². The molecule has 1 aliphatic rings. The van der Waals surface area contributed by atoms with Gasteiger partial charge in [0.15, 0.2) is 0 Å². The zero-order valence-corrected chi connectivity index (χ0v) is 6.05. The maximum atomic E-state index is 4.86. The molecule has 1 rings (SSSR count). The van der Waals surface area contributed by atoms with Crippen molar-refractivity contribution in [3.8, 4) is 0 Å². The summed E-state index contributed by atoms with van der Waals surface area (Å²) in [5.41, 5.74) is 0. The number of ether oxygens (including phenoxy) is 1.